The van der Waals surface area contributed by atoms with Crippen molar-refractivity contribution >= 4 is 17.5 Å². The maximum absolute atomic E-state index is 12.4. The first kappa shape index (κ1) is 14.9. The Kier molecular flexibility index (Phi) is 4.32. The van der Waals surface area contributed by atoms with Crippen LogP contribution in [0.5, 0.6) is 5.75 Å². The molecule has 1 aromatic rings. The van der Waals surface area contributed by atoms with Gasteiger partial charge in [0.25, 0.3) is 0 Å². The zero-order valence-electron chi connectivity index (χ0n) is 12.9. The van der Waals surface area contributed by atoms with E-state index in [-0.39, 0.29) is 23.7 Å². The molecule has 0 bridgehead atoms. The van der Waals surface area contributed by atoms with Gasteiger partial charge >= 0.3 is 0 Å². The van der Waals surface area contributed by atoms with Crippen LogP contribution < -0.4 is 10.1 Å². The molecule has 1 heterocycles. The highest BCUT2D eigenvalue weighted by Crippen LogP contribution is 2.41. The standard InChI is InChI=1S/C17H22N2O3/c1-22-15-8-4-3-7-14(15)18-16(20)12-11-13(12)17(21)19-9-5-2-6-10-19/h3-4,7-8,12-13H,2,5-6,9-11H2,1H3,(H,18,20). The van der Waals surface area contributed by atoms with E-state index in [1.807, 2.05) is 17.0 Å². The van der Waals surface area contributed by atoms with Crippen molar-refractivity contribution in [1.29, 1.82) is 0 Å². The number of benzene rings is 1. The summed E-state index contributed by atoms with van der Waals surface area (Å²) in [5.74, 6) is 0.377. The number of amides is 2. The van der Waals surface area contributed by atoms with Gasteiger partial charge in [0, 0.05) is 13.1 Å². The van der Waals surface area contributed by atoms with Gasteiger partial charge in [-0.3, -0.25) is 9.59 Å². The molecule has 5 heteroatoms. The summed E-state index contributed by atoms with van der Waals surface area (Å²) in [6, 6.07) is 7.31. The first-order valence-electron chi connectivity index (χ1n) is 7.93. The zero-order chi connectivity index (χ0) is 15.5. The van der Waals surface area contributed by atoms with E-state index in [1.54, 1.807) is 19.2 Å². The van der Waals surface area contributed by atoms with Gasteiger partial charge in [-0.25, -0.2) is 0 Å². The summed E-state index contributed by atoms with van der Waals surface area (Å²) in [6.07, 6.45) is 4.02. The minimum atomic E-state index is -0.195. The topological polar surface area (TPSA) is 58.6 Å². The van der Waals surface area contributed by atoms with E-state index in [4.69, 9.17) is 4.74 Å². The van der Waals surface area contributed by atoms with Crippen LogP contribution in [0.15, 0.2) is 24.3 Å². The number of rotatable bonds is 4. The maximum Gasteiger partial charge on any atom is 0.228 e. The lowest BCUT2D eigenvalue weighted by Gasteiger charge is -2.26. The number of anilines is 1. The summed E-state index contributed by atoms with van der Waals surface area (Å²) in [5, 5.41) is 2.88. The number of nitrogens with one attached hydrogen (secondary N) is 1. The van der Waals surface area contributed by atoms with Gasteiger partial charge in [0.2, 0.25) is 11.8 Å². The first-order valence-corrected chi connectivity index (χ1v) is 7.93. The van der Waals surface area contributed by atoms with Crippen LogP contribution in [0.4, 0.5) is 5.69 Å². The molecule has 1 aromatic carbocycles. The van der Waals surface area contributed by atoms with E-state index in [1.165, 1.54) is 6.42 Å². The largest absolute Gasteiger partial charge is 0.495 e. The van der Waals surface area contributed by atoms with Crippen LogP contribution in [-0.2, 0) is 9.59 Å². The third-order valence-corrected chi connectivity index (χ3v) is 4.48. The van der Waals surface area contributed by atoms with Crippen LogP contribution in [0.2, 0.25) is 0 Å². The molecule has 1 N–H and O–H groups in total. The summed E-state index contributed by atoms with van der Waals surface area (Å²) < 4.78 is 5.23. The number of methoxy groups -OCH3 is 1. The van der Waals surface area contributed by atoms with Crippen LogP contribution in [-0.4, -0.2) is 36.9 Å². The number of para-hydroxylation sites is 2. The summed E-state index contributed by atoms with van der Waals surface area (Å²) in [4.78, 5) is 26.6. The maximum atomic E-state index is 12.4. The highest BCUT2D eigenvalue weighted by atomic mass is 16.5. The predicted molar refractivity (Wildman–Crippen MR) is 83.7 cm³/mol. The molecule has 0 radical (unpaired) electrons. The highest BCUT2D eigenvalue weighted by Gasteiger charge is 2.49. The monoisotopic (exact) mass is 302 g/mol. The summed E-state index contributed by atoms with van der Waals surface area (Å²) in [6.45, 7) is 1.69. The SMILES string of the molecule is COc1ccccc1NC(=O)C1CC1C(=O)N1CCCCC1. The Morgan fingerprint density at radius 1 is 1.14 bits per heavy atom. The number of likely N-dealkylation sites (tertiary alicyclic amines) is 1. The second-order valence-electron chi connectivity index (χ2n) is 6.02. The second kappa shape index (κ2) is 6.38. The van der Waals surface area contributed by atoms with Gasteiger partial charge < -0.3 is 15.0 Å². The fraction of sp³-hybridized carbons (Fsp3) is 0.529. The van der Waals surface area contributed by atoms with Crippen LogP contribution in [0.3, 0.4) is 0 Å². The molecule has 2 amide bonds. The molecule has 2 unspecified atom stereocenters. The Morgan fingerprint density at radius 3 is 2.59 bits per heavy atom. The number of hydrogen-bond acceptors (Lipinski definition) is 3. The summed E-state index contributed by atoms with van der Waals surface area (Å²) in [5.41, 5.74) is 0.658. The molecule has 1 saturated carbocycles. The molecule has 2 fully saturated rings. The smallest absolute Gasteiger partial charge is 0.228 e. The molecule has 118 valence electrons. The zero-order valence-corrected chi connectivity index (χ0v) is 12.9. The first-order chi connectivity index (χ1) is 10.7. The number of ether oxygens (including phenoxy) is 1. The second-order valence-corrected chi connectivity index (χ2v) is 6.02. The van der Waals surface area contributed by atoms with Gasteiger partial charge in [-0.15, -0.1) is 0 Å². The highest BCUT2D eigenvalue weighted by molar-refractivity contribution is 6.00. The lowest BCUT2D eigenvalue weighted by Crippen LogP contribution is -2.37. The third kappa shape index (κ3) is 3.08. The van der Waals surface area contributed by atoms with Gasteiger partial charge in [-0.2, -0.15) is 0 Å². The Bertz CT molecular complexity index is 567. The van der Waals surface area contributed by atoms with Crippen LogP contribution in [0.25, 0.3) is 0 Å². The number of carbonyl (C=O) groups excluding carboxylic acids is 2. The molecular formula is C17H22N2O3. The van der Waals surface area contributed by atoms with Crippen molar-refractivity contribution in [3.05, 3.63) is 24.3 Å². The van der Waals surface area contributed by atoms with Crippen molar-refractivity contribution in [2.24, 2.45) is 11.8 Å². The molecule has 0 aromatic heterocycles. The van der Waals surface area contributed by atoms with Gasteiger partial charge in [0.1, 0.15) is 5.75 Å². The molecule has 22 heavy (non-hydrogen) atoms. The van der Waals surface area contributed by atoms with E-state index in [0.717, 1.165) is 25.9 Å². The lowest BCUT2D eigenvalue weighted by molar-refractivity contribution is -0.134. The third-order valence-electron chi connectivity index (χ3n) is 4.48. The molecule has 1 aliphatic heterocycles. The van der Waals surface area contributed by atoms with E-state index in [9.17, 15) is 9.59 Å². The lowest BCUT2D eigenvalue weighted by atomic mass is 10.1. The van der Waals surface area contributed by atoms with E-state index >= 15 is 0 Å². The summed E-state index contributed by atoms with van der Waals surface area (Å²) in [7, 11) is 1.57. The van der Waals surface area contributed by atoms with E-state index in [2.05, 4.69) is 5.32 Å². The van der Waals surface area contributed by atoms with Crippen molar-refractivity contribution in [2.75, 3.05) is 25.5 Å². The van der Waals surface area contributed by atoms with Crippen LogP contribution >= 0.6 is 0 Å². The van der Waals surface area contributed by atoms with E-state index < -0.39 is 0 Å². The van der Waals surface area contributed by atoms with Crippen LogP contribution in [0.1, 0.15) is 25.7 Å². The normalized spacial score (nSPS) is 23.8. The molecule has 5 nitrogen and oxygen atoms in total. The predicted octanol–water partition coefficient (Wildman–Crippen LogP) is 2.28. The fourth-order valence-corrected chi connectivity index (χ4v) is 3.08. The Morgan fingerprint density at radius 2 is 1.86 bits per heavy atom. The quantitative estimate of drug-likeness (QED) is 0.928. The Hall–Kier alpha value is -2.04. The molecule has 2 aliphatic rings. The number of carbonyl (C=O) groups is 2. The minimum absolute atomic E-state index is 0.0835. The average molecular weight is 302 g/mol. The van der Waals surface area contributed by atoms with Crippen molar-refractivity contribution in [1.82, 2.24) is 4.90 Å². The Balaban J connectivity index is 1.57. The van der Waals surface area contributed by atoms with Crippen molar-refractivity contribution in [3.63, 3.8) is 0 Å². The molecular weight excluding hydrogens is 280 g/mol. The van der Waals surface area contributed by atoms with Crippen molar-refractivity contribution in [3.8, 4) is 5.75 Å². The number of nitrogens with zero attached hydrogens (tertiary/aromatic N) is 1. The average Bonchev–Trinajstić information content (AvgIpc) is 3.36. The fourth-order valence-electron chi connectivity index (χ4n) is 3.08. The molecule has 2 atom stereocenters. The molecule has 3 rings (SSSR count). The summed E-state index contributed by atoms with van der Waals surface area (Å²) >= 11 is 0. The molecule has 0 spiro atoms. The van der Waals surface area contributed by atoms with Gasteiger partial charge in [-0.05, 0) is 37.8 Å². The molecule has 1 saturated heterocycles. The van der Waals surface area contributed by atoms with Gasteiger partial charge in [0.15, 0.2) is 0 Å². The van der Waals surface area contributed by atoms with Crippen molar-refractivity contribution < 1.29 is 14.3 Å². The molecule has 1 aliphatic carbocycles. The van der Waals surface area contributed by atoms with Gasteiger partial charge in [0.05, 0.1) is 24.6 Å². The minimum Gasteiger partial charge on any atom is -0.495 e. The number of piperidine rings is 1. The van der Waals surface area contributed by atoms with E-state index in [0.29, 0.717) is 17.9 Å². The van der Waals surface area contributed by atoms with Gasteiger partial charge in [-0.1, -0.05) is 12.1 Å². The van der Waals surface area contributed by atoms with Crippen molar-refractivity contribution in [2.45, 2.75) is 25.7 Å². The number of hydrogen-bond donors (Lipinski definition) is 1. The van der Waals surface area contributed by atoms with Crippen LogP contribution in [0, 0.1) is 11.8 Å². The Labute approximate surface area is 130 Å².